The van der Waals surface area contributed by atoms with Gasteiger partial charge in [-0.05, 0) is 6.08 Å². The fraction of sp³-hybridized carbons (Fsp3) is 0.333. The van der Waals surface area contributed by atoms with E-state index in [9.17, 15) is 4.79 Å². The minimum Gasteiger partial charge on any atom is -0.449 e. The van der Waals surface area contributed by atoms with Crippen molar-refractivity contribution in [3.63, 3.8) is 0 Å². The van der Waals surface area contributed by atoms with E-state index in [1.165, 1.54) is 0 Å². The molecule has 3 nitrogen and oxygen atoms in total. The molecule has 1 amide bonds. The van der Waals surface area contributed by atoms with Crippen molar-refractivity contribution in [2.75, 3.05) is 6.61 Å². The quantitative estimate of drug-likeness (QED) is 0.450. The first kappa shape index (κ1) is 7.79. The fourth-order valence-corrected chi connectivity index (χ4v) is 0.321. The molecule has 0 atom stereocenters. The predicted octanol–water partition coefficient (Wildman–Crippen LogP) is 0.813. The van der Waals surface area contributed by atoms with E-state index in [1.807, 2.05) is 0 Å². The lowest BCUT2D eigenvalue weighted by Gasteiger charge is -1.94. The van der Waals surface area contributed by atoms with Gasteiger partial charge in [0.1, 0.15) is 0 Å². The van der Waals surface area contributed by atoms with Crippen LogP contribution in [0, 0.1) is 0 Å². The largest absolute Gasteiger partial charge is 0.449 e. The lowest BCUT2D eigenvalue weighted by atomic mass is 10.4. The highest BCUT2D eigenvalue weighted by molar-refractivity contribution is 5.64. The number of primary amides is 1. The summed E-state index contributed by atoms with van der Waals surface area (Å²) in [4.78, 5) is 9.91. The van der Waals surface area contributed by atoms with Gasteiger partial charge in [-0.1, -0.05) is 6.58 Å². The Kier molecular flexibility index (Phi) is 4.27. The zero-order valence-electron chi connectivity index (χ0n) is 5.09. The van der Waals surface area contributed by atoms with Gasteiger partial charge in [0.25, 0.3) is 0 Å². The molecule has 0 rings (SSSR count). The summed E-state index contributed by atoms with van der Waals surface area (Å²) in [6.07, 6.45) is 1.54. The van der Waals surface area contributed by atoms with Gasteiger partial charge in [-0.2, -0.15) is 0 Å². The Hall–Kier alpha value is -1.21. The number of carbonyl (C=O) groups is 1. The van der Waals surface area contributed by atoms with Crippen LogP contribution in [0.1, 0.15) is 6.42 Å². The van der Waals surface area contributed by atoms with E-state index >= 15 is 0 Å². The molecular formula is C6H9NO2. The second kappa shape index (κ2) is 4.94. The van der Waals surface area contributed by atoms with E-state index in [0.717, 1.165) is 0 Å². The summed E-state index contributed by atoms with van der Waals surface area (Å²) in [5.41, 5.74) is 7.20. The molecule has 3 heteroatoms. The first-order chi connectivity index (χ1) is 4.27. The second-order valence-electron chi connectivity index (χ2n) is 1.36. The summed E-state index contributed by atoms with van der Waals surface area (Å²) in [5, 5.41) is 0. The number of hydrogen-bond acceptors (Lipinski definition) is 2. The maximum absolute atomic E-state index is 9.91. The van der Waals surface area contributed by atoms with E-state index in [1.54, 1.807) is 6.08 Å². The maximum Gasteiger partial charge on any atom is 0.404 e. The van der Waals surface area contributed by atoms with Crippen molar-refractivity contribution in [2.45, 2.75) is 6.42 Å². The van der Waals surface area contributed by atoms with E-state index in [4.69, 9.17) is 0 Å². The average molecular weight is 127 g/mol. The molecular weight excluding hydrogens is 118 g/mol. The third-order valence-electron chi connectivity index (χ3n) is 0.651. The Morgan fingerprint density at radius 3 is 3.00 bits per heavy atom. The van der Waals surface area contributed by atoms with Gasteiger partial charge < -0.3 is 10.5 Å². The monoisotopic (exact) mass is 127 g/mol. The van der Waals surface area contributed by atoms with Gasteiger partial charge in [0.05, 0.1) is 6.61 Å². The summed E-state index contributed by atoms with van der Waals surface area (Å²) in [6.45, 7) is 3.63. The maximum atomic E-state index is 9.91. The SMILES string of the molecule is C=C=CCCOC(N)=O. The van der Waals surface area contributed by atoms with Crippen LogP contribution in [0.3, 0.4) is 0 Å². The summed E-state index contributed by atoms with van der Waals surface area (Å²) < 4.78 is 4.38. The van der Waals surface area contributed by atoms with E-state index in [-0.39, 0.29) is 0 Å². The smallest absolute Gasteiger partial charge is 0.404 e. The topological polar surface area (TPSA) is 52.3 Å². The molecule has 0 heterocycles. The molecule has 50 valence electrons. The number of ether oxygens (including phenoxy) is 1. The Balaban J connectivity index is 3.10. The first-order valence-corrected chi connectivity index (χ1v) is 2.54. The number of hydrogen-bond donors (Lipinski definition) is 1. The van der Waals surface area contributed by atoms with Crippen molar-refractivity contribution >= 4 is 6.09 Å². The van der Waals surface area contributed by atoms with Crippen LogP contribution in [0.5, 0.6) is 0 Å². The lowest BCUT2D eigenvalue weighted by Crippen LogP contribution is -2.13. The van der Waals surface area contributed by atoms with Crippen LogP contribution >= 0.6 is 0 Å². The lowest BCUT2D eigenvalue weighted by molar-refractivity contribution is 0.159. The van der Waals surface area contributed by atoms with Crippen LogP contribution in [0.2, 0.25) is 0 Å². The zero-order valence-corrected chi connectivity index (χ0v) is 5.09. The summed E-state index contributed by atoms with van der Waals surface area (Å²) >= 11 is 0. The molecule has 0 aromatic heterocycles. The van der Waals surface area contributed by atoms with E-state index in [0.29, 0.717) is 13.0 Å². The van der Waals surface area contributed by atoms with Crippen molar-refractivity contribution in [2.24, 2.45) is 5.73 Å². The standard InChI is InChI=1S/C6H9NO2/c1-2-3-4-5-9-6(7)8/h3H,1,4-5H2,(H2,7,8). The molecule has 2 N–H and O–H groups in total. The molecule has 0 bridgehead atoms. The molecule has 0 aromatic rings. The Labute approximate surface area is 53.8 Å². The van der Waals surface area contributed by atoms with Crippen LogP contribution in [0.15, 0.2) is 18.4 Å². The molecule has 0 unspecified atom stereocenters. The highest BCUT2D eigenvalue weighted by Gasteiger charge is 1.87. The molecule has 0 aliphatic rings. The van der Waals surface area contributed by atoms with Gasteiger partial charge in [-0.3, -0.25) is 0 Å². The second-order valence-corrected chi connectivity index (χ2v) is 1.36. The minimum atomic E-state index is -0.743. The number of amides is 1. The van der Waals surface area contributed by atoms with Gasteiger partial charge in [-0.15, -0.1) is 5.73 Å². The van der Waals surface area contributed by atoms with E-state index < -0.39 is 6.09 Å². The molecule has 0 aromatic carbocycles. The van der Waals surface area contributed by atoms with Crippen molar-refractivity contribution < 1.29 is 9.53 Å². The molecule has 0 saturated heterocycles. The van der Waals surface area contributed by atoms with Crippen LogP contribution in [-0.2, 0) is 4.74 Å². The fourth-order valence-electron chi connectivity index (χ4n) is 0.321. The third kappa shape index (κ3) is 6.79. The van der Waals surface area contributed by atoms with Gasteiger partial charge >= 0.3 is 6.09 Å². The van der Waals surface area contributed by atoms with Crippen LogP contribution < -0.4 is 5.73 Å². The molecule has 0 radical (unpaired) electrons. The molecule has 0 fully saturated rings. The molecule has 0 aliphatic carbocycles. The summed E-state index contributed by atoms with van der Waals surface area (Å²) in [6, 6.07) is 0. The minimum absolute atomic E-state index is 0.303. The number of rotatable bonds is 3. The van der Waals surface area contributed by atoms with Crippen molar-refractivity contribution in [1.29, 1.82) is 0 Å². The van der Waals surface area contributed by atoms with E-state index in [2.05, 4.69) is 22.8 Å². The van der Waals surface area contributed by atoms with Crippen molar-refractivity contribution in [1.82, 2.24) is 0 Å². The Morgan fingerprint density at radius 2 is 2.56 bits per heavy atom. The first-order valence-electron chi connectivity index (χ1n) is 2.54. The average Bonchev–Trinajstić information content (AvgIpc) is 1.80. The predicted molar refractivity (Wildman–Crippen MR) is 33.9 cm³/mol. The van der Waals surface area contributed by atoms with Gasteiger partial charge in [0.15, 0.2) is 0 Å². The number of carbonyl (C=O) groups excluding carboxylic acids is 1. The van der Waals surface area contributed by atoms with Crippen LogP contribution in [-0.4, -0.2) is 12.7 Å². The van der Waals surface area contributed by atoms with Gasteiger partial charge in [-0.25, -0.2) is 4.79 Å². The molecule has 9 heavy (non-hydrogen) atoms. The molecule has 0 spiro atoms. The Bertz CT molecular complexity index is 134. The van der Waals surface area contributed by atoms with Crippen molar-refractivity contribution in [3.05, 3.63) is 18.4 Å². The number of nitrogens with two attached hydrogens (primary N) is 1. The van der Waals surface area contributed by atoms with Crippen molar-refractivity contribution in [3.8, 4) is 0 Å². The highest BCUT2D eigenvalue weighted by atomic mass is 16.5. The van der Waals surface area contributed by atoms with Crippen LogP contribution in [0.25, 0.3) is 0 Å². The third-order valence-corrected chi connectivity index (χ3v) is 0.651. The summed E-state index contributed by atoms with van der Waals surface area (Å²) in [5.74, 6) is 0. The zero-order chi connectivity index (χ0) is 7.11. The highest BCUT2D eigenvalue weighted by Crippen LogP contribution is 1.81. The Morgan fingerprint density at radius 1 is 1.89 bits per heavy atom. The summed E-state index contributed by atoms with van der Waals surface area (Å²) in [7, 11) is 0. The molecule has 0 saturated carbocycles. The van der Waals surface area contributed by atoms with Crippen LogP contribution in [0.4, 0.5) is 4.79 Å². The van der Waals surface area contributed by atoms with Gasteiger partial charge in [0, 0.05) is 6.42 Å². The molecule has 0 aliphatic heterocycles. The van der Waals surface area contributed by atoms with Gasteiger partial charge in [0.2, 0.25) is 0 Å². The normalized spacial score (nSPS) is 7.56.